The number of ether oxygens (including phenoxy) is 1. The van der Waals surface area contributed by atoms with Gasteiger partial charge in [-0.3, -0.25) is 4.79 Å². The Labute approximate surface area is 78.1 Å². The lowest BCUT2D eigenvalue weighted by molar-refractivity contribution is -0.159. The van der Waals surface area contributed by atoms with Crippen molar-refractivity contribution in [1.29, 1.82) is 5.26 Å². The molecule has 0 aromatic carbocycles. The van der Waals surface area contributed by atoms with Crippen LogP contribution in [-0.2, 0) is 9.53 Å². The summed E-state index contributed by atoms with van der Waals surface area (Å²) in [4.78, 5) is 11.2. The number of carbonyl (C=O) groups excluding carboxylic acids is 1. The zero-order valence-electron chi connectivity index (χ0n) is 6.16. The van der Waals surface area contributed by atoms with Gasteiger partial charge >= 0.3 is 5.97 Å². The van der Waals surface area contributed by atoms with Crippen molar-refractivity contribution in [2.45, 2.75) is 12.5 Å². The lowest BCUT2D eigenvalue weighted by atomic mass is 9.81. The molecule has 2 aliphatic heterocycles. The number of hydrogen-bond donors (Lipinski definition) is 0. The number of esters is 1. The minimum atomic E-state index is -0.375. The molecule has 0 saturated carbocycles. The molecular weight excluding hydrogens is 222 g/mol. The molecule has 2 heterocycles. The summed E-state index contributed by atoms with van der Waals surface area (Å²) in [5, 5.41) is 8.74. The number of nitrogens with zero attached hydrogens (tertiary/aromatic N) is 1. The van der Waals surface area contributed by atoms with Gasteiger partial charge in [-0.15, -0.1) is 0 Å². The van der Waals surface area contributed by atoms with Gasteiger partial charge in [0.2, 0.25) is 0 Å². The highest BCUT2D eigenvalue weighted by Gasteiger charge is 2.43. The van der Waals surface area contributed by atoms with Gasteiger partial charge in [0, 0.05) is 10.9 Å². The summed E-state index contributed by atoms with van der Waals surface area (Å²) in [6, 6.07) is 2.12. The lowest BCUT2D eigenvalue weighted by Gasteiger charge is -2.35. The van der Waals surface area contributed by atoms with Crippen LogP contribution in [0.15, 0.2) is 10.6 Å². The van der Waals surface area contributed by atoms with Crippen LogP contribution in [0, 0.1) is 23.2 Å². The fourth-order valence-electron chi connectivity index (χ4n) is 1.64. The molecule has 3 nitrogen and oxygen atoms in total. The van der Waals surface area contributed by atoms with E-state index in [0.29, 0.717) is 6.42 Å². The fourth-order valence-corrected chi connectivity index (χ4v) is 2.44. The van der Waals surface area contributed by atoms with Crippen LogP contribution in [0.4, 0.5) is 0 Å². The SMILES string of the molecule is N#C[C@H]1C[C@H]2C=C(Br)[C@@H]1C(=O)O2. The molecule has 1 saturated heterocycles. The zero-order valence-corrected chi connectivity index (χ0v) is 7.74. The van der Waals surface area contributed by atoms with E-state index in [0.717, 1.165) is 4.48 Å². The topological polar surface area (TPSA) is 50.1 Å². The van der Waals surface area contributed by atoms with Gasteiger partial charge in [0.25, 0.3) is 0 Å². The van der Waals surface area contributed by atoms with Crippen LogP contribution in [0.2, 0.25) is 0 Å². The van der Waals surface area contributed by atoms with Crippen molar-refractivity contribution in [3.63, 3.8) is 0 Å². The van der Waals surface area contributed by atoms with Crippen molar-refractivity contribution in [1.82, 2.24) is 0 Å². The maximum atomic E-state index is 11.2. The van der Waals surface area contributed by atoms with Gasteiger partial charge in [-0.05, 0) is 6.08 Å². The molecule has 0 spiro atoms. The first-order valence-corrected chi connectivity index (χ1v) is 4.49. The number of carbonyl (C=O) groups is 1. The van der Waals surface area contributed by atoms with E-state index in [4.69, 9.17) is 10.00 Å². The van der Waals surface area contributed by atoms with Crippen LogP contribution in [0.25, 0.3) is 0 Å². The highest BCUT2D eigenvalue weighted by molar-refractivity contribution is 9.11. The molecular formula is C8H6BrNO2. The summed E-state index contributed by atoms with van der Waals surface area (Å²) in [7, 11) is 0. The van der Waals surface area contributed by atoms with Crippen molar-refractivity contribution >= 4 is 21.9 Å². The second kappa shape index (κ2) is 2.60. The molecule has 3 atom stereocenters. The van der Waals surface area contributed by atoms with E-state index in [1.807, 2.05) is 6.08 Å². The van der Waals surface area contributed by atoms with E-state index in [9.17, 15) is 4.79 Å². The Balaban J connectivity index is 2.38. The predicted molar refractivity (Wildman–Crippen MR) is 44.1 cm³/mol. The highest BCUT2D eigenvalue weighted by atomic mass is 79.9. The Kier molecular flexibility index (Phi) is 1.69. The predicted octanol–water partition coefficient (Wildman–Crippen LogP) is 1.35. The third kappa shape index (κ3) is 0.969. The molecule has 1 fully saturated rings. The molecule has 3 rings (SSSR count). The number of fused-ring (bicyclic) bond motifs is 2. The minimum Gasteiger partial charge on any atom is -0.458 e. The first-order valence-electron chi connectivity index (χ1n) is 3.69. The molecule has 0 aromatic rings. The van der Waals surface area contributed by atoms with Gasteiger partial charge in [-0.2, -0.15) is 5.26 Å². The normalized spacial score (nSPS) is 38.5. The number of hydrogen-bond acceptors (Lipinski definition) is 3. The van der Waals surface area contributed by atoms with Crippen molar-refractivity contribution < 1.29 is 9.53 Å². The largest absolute Gasteiger partial charge is 0.458 e. The van der Waals surface area contributed by atoms with Crippen molar-refractivity contribution in [2.75, 3.05) is 0 Å². The number of rotatable bonds is 0. The average Bonchev–Trinajstić information content (AvgIpc) is 2.02. The Hall–Kier alpha value is -0.820. The molecule has 1 aliphatic carbocycles. The maximum absolute atomic E-state index is 11.2. The highest BCUT2D eigenvalue weighted by Crippen LogP contribution is 2.40. The minimum absolute atomic E-state index is 0.193. The second-order valence-electron chi connectivity index (χ2n) is 2.98. The number of nitriles is 1. The summed E-state index contributed by atoms with van der Waals surface area (Å²) in [6.07, 6.45) is 2.31. The van der Waals surface area contributed by atoms with Gasteiger partial charge in [0.05, 0.1) is 12.0 Å². The van der Waals surface area contributed by atoms with Crippen LogP contribution < -0.4 is 0 Å². The quantitative estimate of drug-likeness (QED) is 0.588. The molecule has 0 unspecified atom stereocenters. The van der Waals surface area contributed by atoms with Gasteiger partial charge in [-0.1, -0.05) is 15.9 Å². The molecule has 12 heavy (non-hydrogen) atoms. The second-order valence-corrected chi connectivity index (χ2v) is 3.89. The third-order valence-electron chi connectivity index (χ3n) is 2.22. The van der Waals surface area contributed by atoms with Gasteiger partial charge < -0.3 is 4.74 Å². The summed E-state index contributed by atoms with van der Waals surface area (Å²) in [6.45, 7) is 0. The van der Waals surface area contributed by atoms with Crippen LogP contribution in [-0.4, -0.2) is 12.1 Å². The zero-order chi connectivity index (χ0) is 8.72. The van der Waals surface area contributed by atoms with Crippen molar-refractivity contribution in [3.8, 4) is 6.07 Å². The van der Waals surface area contributed by atoms with Crippen molar-refractivity contribution in [2.24, 2.45) is 11.8 Å². The first kappa shape index (κ1) is 7.81. The molecule has 2 bridgehead atoms. The van der Waals surface area contributed by atoms with Crippen LogP contribution in [0.3, 0.4) is 0 Å². The molecule has 0 amide bonds. The van der Waals surface area contributed by atoms with E-state index in [2.05, 4.69) is 22.0 Å². The molecule has 62 valence electrons. The molecule has 0 radical (unpaired) electrons. The summed E-state index contributed by atoms with van der Waals surface area (Å²) < 4.78 is 5.80. The van der Waals surface area contributed by atoms with E-state index in [1.54, 1.807) is 0 Å². The van der Waals surface area contributed by atoms with E-state index >= 15 is 0 Å². The number of halogens is 1. The molecule has 0 aromatic heterocycles. The van der Waals surface area contributed by atoms with E-state index in [-0.39, 0.29) is 23.9 Å². The van der Waals surface area contributed by atoms with Gasteiger partial charge in [-0.25, -0.2) is 0 Å². The Bertz CT molecular complexity index is 305. The standard InChI is InChI=1S/C8H6BrNO2/c9-6-2-5-1-4(3-10)7(6)8(11)12-5/h2,4-5,7H,1H2/t4-,5+,7-/m1/s1. The Morgan fingerprint density at radius 1 is 1.75 bits per heavy atom. The Morgan fingerprint density at radius 2 is 2.50 bits per heavy atom. The first-order chi connectivity index (χ1) is 5.72. The fraction of sp³-hybridized carbons (Fsp3) is 0.500. The van der Waals surface area contributed by atoms with E-state index in [1.165, 1.54) is 0 Å². The smallest absolute Gasteiger partial charge is 0.315 e. The van der Waals surface area contributed by atoms with Gasteiger partial charge in [0.15, 0.2) is 0 Å². The maximum Gasteiger partial charge on any atom is 0.315 e. The lowest BCUT2D eigenvalue weighted by Crippen LogP contribution is -2.41. The monoisotopic (exact) mass is 227 g/mol. The van der Waals surface area contributed by atoms with Gasteiger partial charge in [0.1, 0.15) is 12.0 Å². The molecule has 0 N–H and O–H groups in total. The van der Waals surface area contributed by atoms with Crippen LogP contribution >= 0.6 is 15.9 Å². The van der Waals surface area contributed by atoms with E-state index < -0.39 is 0 Å². The molecule has 4 heteroatoms. The summed E-state index contributed by atoms with van der Waals surface area (Å²) in [5.41, 5.74) is 0. The summed E-state index contributed by atoms with van der Waals surface area (Å²) in [5.74, 6) is -0.859. The Morgan fingerprint density at radius 3 is 2.92 bits per heavy atom. The van der Waals surface area contributed by atoms with Crippen LogP contribution in [0.5, 0.6) is 0 Å². The third-order valence-corrected chi connectivity index (χ3v) is 2.98. The van der Waals surface area contributed by atoms with Crippen molar-refractivity contribution in [3.05, 3.63) is 10.6 Å². The van der Waals surface area contributed by atoms with Crippen LogP contribution in [0.1, 0.15) is 6.42 Å². The average molecular weight is 228 g/mol. The molecule has 3 aliphatic rings. The summed E-state index contributed by atoms with van der Waals surface area (Å²) >= 11 is 3.28.